The minimum Gasteiger partial charge on any atom is -0.436 e. The van der Waals surface area contributed by atoms with Gasteiger partial charge in [0.1, 0.15) is 35.6 Å². The van der Waals surface area contributed by atoms with Crippen molar-refractivity contribution in [3.63, 3.8) is 0 Å². The first-order valence-corrected chi connectivity index (χ1v) is 5.50. The van der Waals surface area contributed by atoms with Crippen molar-refractivity contribution in [1.29, 1.82) is 21.0 Å². The number of nitriles is 4. The Morgan fingerprint density at radius 2 is 1.57 bits per heavy atom. The van der Waals surface area contributed by atoms with Gasteiger partial charge in [0.05, 0.1) is 22.9 Å². The van der Waals surface area contributed by atoms with Crippen LogP contribution in [0.2, 0.25) is 0 Å². The number of aromatic nitrogens is 2. The molecule has 7 nitrogen and oxygen atoms in total. The minimum absolute atomic E-state index is 0.0231. The van der Waals surface area contributed by atoms with Crippen molar-refractivity contribution in [2.45, 2.75) is 0 Å². The fourth-order valence-corrected chi connectivity index (χ4v) is 1.62. The molecule has 0 radical (unpaired) electrons. The summed E-state index contributed by atoms with van der Waals surface area (Å²) in [6, 6.07) is 8.34. The van der Waals surface area contributed by atoms with Crippen molar-refractivity contribution in [1.82, 2.24) is 9.97 Å². The maximum absolute atomic E-state index is 9.18. The van der Waals surface area contributed by atoms with Crippen LogP contribution in [0, 0.1) is 45.3 Å². The molecule has 0 saturated heterocycles. The van der Waals surface area contributed by atoms with E-state index in [2.05, 4.69) is 9.97 Å². The first-order chi connectivity index (χ1) is 10.2. The molecule has 1 aromatic heterocycles. The molecule has 0 atom stereocenters. The summed E-state index contributed by atoms with van der Waals surface area (Å²) in [6.45, 7) is 0. The highest BCUT2D eigenvalue weighted by Crippen LogP contribution is 2.30. The molecule has 0 amide bonds. The number of benzene rings is 1. The Morgan fingerprint density at radius 1 is 0.857 bits per heavy atom. The van der Waals surface area contributed by atoms with Crippen LogP contribution in [0.3, 0.4) is 0 Å². The second kappa shape index (κ2) is 5.80. The van der Waals surface area contributed by atoms with Gasteiger partial charge in [0, 0.05) is 18.5 Å². The summed E-state index contributed by atoms with van der Waals surface area (Å²) < 4.78 is 5.38. The molecule has 1 heterocycles. The molecular weight excluding hydrogens is 268 g/mol. The smallest absolute Gasteiger partial charge is 0.237 e. The maximum atomic E-state index is 9.18. The number of nitrogens with zero attached hydrogens (tertiary/aromatic N) is 6. The van der Waals surface area contributed by atoms with Gasteiger partial charge in [0.15, 0.2) is 0 Å². The van der Waals surface area contributed by atoms with Gasteiger partial charge in [-0.2, -0.15) is 21.0 Å². The van der Waals surface area contributed by atoms with Crippen LogP contribution >= 0.6 is 0 Å². The van der Waals surface area contributed by atoms with Gasteiger partial charge in [-0.3, -0.25) is 4.98 Å². The van der Waals surface area contributed by atoms with Crippen molar-refractivity contribution in [3.8, 4) is 35.9 Å². The predicted molar refractivity (Wildman–Crippen MR) is 67.4 cm³/mol. The van der Waals surface area contributed by atoms with E-state index in [1.165, 1.54) is 24.7 Å². The second-order valence-electron chi connectivity index (χ2n) is 3.64. The Kier molecular flexibility index (Phi) is 3.73. The number of hydrogen-bond donors (Lipinski definition) is 0. The zero-order valence-corrected chi connectivity index (χ0v) is 10.4. The van der Waals surface area contributed by atoms with Crippen molar-refractivity contribution < 1.29 is 4.74 Å². The number of rotatable bonds is 2. The lowest BCUT2D eigenvalue weighted by molar-refractivity contribution is 0.458. The van der Waals surface area contributed by atoms with E-state index in [1.807, 2.05) is 0 Å². The molecule has 0 aliphatic rings. The Labute approximate surface area is 119 Å². The van der Waals surface area contributed by atoms with Gasteiger partial charge in [-0.25, -0.2) is 4.98 Å². The van der Waals surface area contributed by atoms with Gasteiger partial charge >= 0.3 is 0 Å². The third-order valence-corrected chi connectivity index (χ3v) is 2.50. The van der Waals surface area contributed by atoms with Crippen LogP contribution in [0.1, 0.15) is 22.3 Å². The summed E-state index contributed by atoms with van der Waals surface area (Å²) in [5.41, 5.74) is -0.522. The van der Waals surface area contributed by atoms with E-state index in [0.29, 0.717) is 0 Å². The fraction of sp³-hybridized carbons (Fsp3) is 0. The maximum Gasteiger partial charge on any atom is 0.237 e. The Hall–Kier alpha value is -3.94. The molecule has 96 valence electrons. The normalized spacial score (nSPS) is 8.76. The van der Waals surface area contributed by atoms with Crippen LogP contribution in [0.25, 0.3) is 0 Å². The van der Waals surface area contributed by atoms with Crippen molar-refractivity contribution in [2.24, 2.45) is 0 Å². The van der Waals surface area contributed by atoms with Crippen molar-refractivity contribution in [2.75, 3.05) is 0 Å². The number of hydrogen-bond acceptors (Lipinski definition) is 7. The molecule has 0 fully saturated rings. The third-order valence-electron chi connectivity index (χ3n) is 2.50. The molecule has 0 saturated carbocycles. The van der Waals surface area contributed by atoms with Crippen LogP contribution in [0.4, 0.5) is 0 Å². The van der Waals surface area contributed by atoms with Gasteiger partial charge in [-0.15, -0.1) is 0 Å². The average molecular weight is 272 g/mol. The molecule has 1 aromatic carbocycles. The monoisotopic (exact) mass is 272 g/mol. The van der Waals surface area contributed by atoms with E-state index in [0.717, 1.165) is 0 Å². The SMILES string of the molecule is N#Cc1cc(Oc2cnccn2)c(C#N)c(C#N)c1C#N. The Bertz CT molecular complexity index is 862. The molecule has 0 spiro atoms. The third kappa shape index (κ3) is 2.44. The van der Waals surface area contributed by atoms with E-state index in [9.17, 15) is 5.26 Å². The zero-order chi connectivity index (χ0) is 15.2. The van der Waals surface area contributed by atoms with Crippen molar-refractivity contribution >= 4 is 0 Å². The molecule has 0 N–H and O–H groups in total. The van der Waals surface area contributed by atoms with Crippen LogP contribution in [0.5, 0.6) is 11.6 Å². The van der Waals surface area contributed by atoms with E-state index in [4.69, 9.17) is 20.5 Å². The fourth-order valence-electron chi connectivity index (χ4n) is 1.62. The molecule has 0 bridgehead atoms. The molecule has 7 heteroatoms. The van der Waals surface area contributed by atoms with E-state index in [1.54, 1.807) is 24.3 Å². The first kappa shape index (κ1) is 13.5. The molecule has 21 heavy (non-hydrogen) atoms. The standard InChI is InChI=1S/C14H4N6O/c15-4-9-3-13(21-14-8-19-1-2-20-14)12(7-18)11(6-17)10(9)5-16/h1-3,8H. The summed E-state index contributed by atoms with van der Waals surface area (Å²) in [7, 11) is 0. The molecule has 0 unspecified atom stereocenters. The van der Waals surface area contributed by atoms with Gasteiger partial charge in [-0.05, 0) is 0 Å². The Morgan fingerprint density at radius 3 is 2.10 bits per heavy atom. The van der Waals surface area contributed by atoms with Crippen LogP contribution in [-0.2, 0) is 0 Å². The van der Waals surface area contributed by atoms with Gasteiger partial charge < -0.3 is 4.74 Å². The summed E-state index contributed by atoms with van der Waals surface area (Å²) in [4.78, 5) is 7.68. The lowest BCUT2D eigenvalue weighted by Gasteiger charge is -2.09. The van der Waals surface area contributed by atoms with E-state index < -0.39 is 0 Å². The summed E-state index contributed by atoms with van der Waals surface area (Å²) >= 11 is 0. The van der Waals surface area contributed by atoms with Crippen LogP contribution in [-0.4, -0.2) is 9.97 Å². The number of ether oxygens (including phenoxy) is 1. The highest BCUT2D eigenvalue weighted by molar-refractivity contribution is 5.66. The van der Waals surface area contributed by atoms with E-state index in [-0.39, 0.29) is 33.9 Å². The average Bonchev–Trinajstić information content (AvgIpc) is 2.54. The Balaban J connectivity index is 2.69. The zero-order valence-electron chi connectivity index (χ0n) is 10.4. The molecular formula is C14H4N6O. The first-order valence-electron chi connectivity index (χ1n) is 5.50. The molecule has 2 rings (SSSR count). The van der Waals surface area contributed by atoms with Gasteiger partial charge in [0.2, 0.25) is 5.88 Å². The molecule has 2 aromatic rings. The summed E-state index contributed by atoms with van der Waals surface area (Å²) in [5, 5.41) is 36.4. The summed E-state index contributed by atoms with van der Waals surface area (Å²) in [6.07, 6.45) is 4.15. The largest absolute Gasteiger partial charge is 0.436 e. The summed E-state index contributed by atoms with van der Waals surface area (Å²) in [5.74, 6) is 0.0802. The topological polar surface area (TPSA) is 130 Å². The van der Waals surface area contributed by atoms with Crippen LogP contribution in [0.15, 0.2) is 24.7 Å². The highest BCUT2D eigenvalue weighted by Gasteiger charge is 2.19. The highest BCUT2D eigenvalue weighted by atomic mass is 16.5. The second-order valence-corrected chi connectivity index (χ2v) is 3.64. The molecule has 0 aliphatic heterocycles. The molecule has 0 aliphatic carbocycles. The lowest BCUT2D eigenvalue weighted by atomic mass is 9.97. The minimum atomic E-state index is -0.196. The van der Waals surface area contributed by atoms with Crippen molar-refractivity contribution in [3.05, 3.63) is 46.9 Å². The van der Waals surface area contributed by atoms with Gasteiger partial charge in [0.25, 0.3) is 0 Å². The van der Waals surface area contributed by atoms with Gasteiger partial charge in [-0.1, -0.05) is 0 Å². The predicted octanol–water partition coefficient (Wildman–Crippen LogP) is 1.76. The van der Waals surface area contributed by atoms with Crippen LogP contribution < -0.4 is 4.74 Å². The van der Waals surface area contributed by atoms with E-state index >= 15 is 0 Å². The quantitative estimate of drug-likeness (QED) is 0.813. The lowest BCUT2D eigenvalue weighted by Crippen LogP contribution is -1.99.